The molecule has 7 heteroatoms. The summed E-state index contributed by atoms with van der Waals surface area (Å²) in [4.78, 5) is 15.6. The molecule has 0 aliphatic heterocycles. The van der Waals surface area contributed by atoms with Crippen molar-refractivity contribution in [1.82, 2.24) is 15.2 Å². The Morgan fingerprint density at radius 2 is 2.20 bits per heavy atom. The van der Waals surface area contributed by atoms with E-state index in [0.717, 1.165) is 10.0 Å². The number of nitrogens with one attached hydrogen (secondary N) is 2. The highest BCUT2D eigenvalue weighted by Crippen LogP contribution is 2.11. The molecule has 1 aromatic carbocycles. The summed E-state index contributed by atoms with van der Waals surface area (Å²) in [6.45, 7) is 2.30. The van der Waals surface area contributed by atoms with E-state index in [1.807, 2.05) is 31.2 Å². The smallest absolute Gasteiger partial charge is 0.337 e. The van der Waals surface area contributed by atoms with Crippen LogP contribution in [0.1, 0.15) is 12.5 Å². The van der Waals surface area contributed by atoms with E-state index in [9.17, 15) is 4.79 Å². The number of anilines is 1. The number of benzene rings is 1. The van der Waals surface area contributed by atoms with E-state index in [1.165, 1.54) is 6.08 Å². The van der Waals surface area contributed by atoms with E-state index >= 15 is 0 Å². The van der Waals surface area contributed by atoms with Gasteiger partial charge in [0.1, 0.15) is 0 Å². The predicted octanol–water partition coefficient (Wildman–Crippen LogP) is 2.62. The SMILES string of the molecule is CCOc1n[nH]c(NC(=O)/C=C/c2ccc(Br)cc2)n1. The molecule has 0 bridgehead atoms. The second-order valence-electron chi connectivity index (χ2n) is 3.77. The van der Waals surface area contributed by atoms with Crippen molar-refractivity contribution in [1.29, 1.82) is 0 Å². The summed E-state index contributed by atoms with van der Waals surface area (Å²) in [5.41, 5.74) is 0.927. The highest BCUT2D eigenvalue weighted by Gasteiger charge is 2.05. The molecule has 0 aliphatic rings. The fourth-order valence-corrected chi connectivity index (χ4v) is 1.66. The molecule has 2 rings (SSSR count). The first-order valence-electron chi connectivity index (χ1n) is 5.97. The third-order valence-electron chi connectivity index (χ3n) is 2.28. The first kappa shape index (κ1) is 14.3. The van der Waals surface area contributed by atoms with Gasteiger partial charge in [-0.1, -0.05) is 28.1 Å². The fraction of sp³-hybridized carbons (Fsp3) is 0.154. The number of hydrogen-bond acceptors (Lipinski definition) is 4. The first-order chi connectivity index (χ1) is 9.67. The molecule has 6 nitrogen and oxygen atoms in total. The van der Waals surface area contributed by atoms with Gasteiger partial charge in [0.05, 0.1) is 6.61 Å². The third kappa shape index (κ3) is 4.20. The number of carbonyl (C=O) groups excluding carboxylic acids is 1. The van der Waals surface area contributed by atoms with Gasteiger partial charge >= 0.3 is 6.01 Å². The number of aromatic nitrogens is 3. The quantitative estimate of drug-likeness (QED) is 0.822. The second kappa shape index (κ2) is 6.85. The van der Waals surface area contributed by atoms with Crippen LogP contribution in [0, 0.1) is 0 Å². The van der Waals surface area contributed by atoms with Crippen LogP contribution in [0.25, 0.3) is 6.08 Å². The third-order valence-corrected chi connectivity index (χ3v) is 2.81. The number of hydrogen-bond donors (Lipinski definition) is 2. The van der Waals surface area contributed by atoms with Crippen LogP contribution < -0.4 is 10.1 Å². The minimum Gasteiger partial charge on any atom is -0.463 e. The Morgan fingerprint density at radius 1 is 1.45 bits per heavy atom. The zero-order chi connectivity index (χ0) is 14.4. The van der Waals surface area contributed by atoms with Gasteiger partial charge in [-0.3, -0.25) is 10.1 Å². The average Bonchev–Trinajstić information content (AvgIpc) is 2.86. The van der Waals surface area contributed by atoms with Crippen molar-refractivity contribution in [2.45, 2.75) is 6.92 Å². The number of amides is 1. The van der Waals surface area contributed by atoms with Crippen LogP contribution in [0.3, 0.4) is 0 Å². The Labute approximate surface area is 124 Å². The standard InChI is InChI=1S/C13H13BrN4O2/c1-2-20-13-16-12(17-18-13)15-11(19)8-5-9-3-6-10(14)7-4-9/h3-8H,2H2,1H3,(H2,15,16,17,18,19)/b8-5+. The number of nitrogens with zero attached hydrogens (tertiary/aromatic N) is 2. The van der Waals surface area contributed by atoms with Gasteiger partial charge < -0.3 is 4.74 Å². The van der Waals surface area contributed by atoms with Crippen molar-refractivity contribution in [2.75, 3.05) is 11.9 Å². The number of halogens is 1. The van der Waals surface area contributed by atoms with E-state index in [0.29, 0.717) is 6.61 Å². The molecule has 104 valence electrons. The Balaban J connectivity index is 1.92. The summed E-state index contributed by atoms with van der Waals surface area (Å²) < 4.78 is 6.07. The van der Waals surface area contributed by atoms with Crippen LogP contribution in [0.5, 0.6) is 6.01 Å². The van der Waals surface area contributed by atoms with Crippen molar-refractivity contribution < 1.29 is 9.53 Å². The molecular formula is C13H13BrN4O2. The maximum Gasteiger partial charge on any atom is 0.337 e. The average molecular weight is 337 g/mol. The maximum atomic E-state index is 11.7. The summed E-state index contributed by atoms with van der Waals surface area (Å²) in [5, 5.41) is 8.91. The Kier molecular flexibility index (Phi) is 4.89. The van der Waals surface area contributed by atoms with Crippen LogP contribution in [0.4, 0.5) is 5.95 Å². The van der Waals surface area contributed by atoms with Gasteiger partial charge in [0.15, 0.2) is 0 Å². The molecule has 1 amide bonds. The maximum absolute atomic E-state index is 11.7. The van der Waals surface area contributed by atoms with Crippen molar-refractivity contribution in [3.05, 3.63) is 40.4 Å². The normalized spacial score (nSPS) is 10.7. The second-order valence-corrected chi connectivity index (χ2v) is 4.69. The molecular weight excluding hydrogens is 324 g/mol. The fourth-order valence-electron chi connectivity index (χ4n) is 1.40. The number of ether oxygens (including phenoxy) is 1. The van der Waals surface area contributed by atoms with Crippen LogP contribution in [-0.2, 0) is 4.79 Å². The van der Waals surface area contributed by atoms with Gasteiger partial charge in [-0.25, -0.2) is 5.10 Å². The molecule has 0 saturated carbocycles. The van der Waals surface area contributed by atoms with Gasteiger partial charge in [0, 0.05) is 10.5 Å². The molecule has 0 spiro atoms. The van der Waals surface area contributed by atoms with Gasteiger partial charge in [0.2, 0.25) is 5.95 Å². The lowest BCUT2D eigenvalue weighted by molar-refractivity contribution is -0.111. The summed E-state index contributed by atoms with van der Waals surface area (Å²) in [6, 6.07) is 7.81. The number of aromatic amines is 1. The van der Waals surface area contributed by atoms with Crippen molar-refractivity contribution >= 4 is 33.9 Å². The molecule has 0 radical (unpaired) electrons. The molecule has 0 aliphatic carbocycles. The van der Waals surface area contributed by atoms with Crippen LogP contribution in [0.2, 0.25) is 0 Å². The van der Waals surface area contributed by atoms with E-state index in [2.05, 4.69) is 36.4 Å². The Morgan fingerprint density at radius 3 is 2.90 bits per heavy atom. The highest BCUT2D eigenvalue weighted by molar-refractivity contribution is 9.10. The van der Waals surface area contributed by atoms with E-state index in [-0.39, 0.29) is 17.9 Å². The number of carbonyl (C=O) groups is 1. The molecule has 1 heterocycles. The lowest BCUT2D eigenvalue weighted by Crippen LogP contribution is -2.09. The molecule has 0 saturated heterocycles. The topological polar surface area (TPSA) is 79.9 Å². The van der Waals surface area contributed by atoms with Crippen molar-refractivity contribution in [3.8, 4) is 6.01 Å². The minimum atomic E-state index is -0.299. The van der Waals surface area contributed by atoms with Crippen LogP contribution >= 0.6 is 15.9 Å². The van der Waals surface area contributed by atoms with Gasteiger partial charge in [-0.15, -0.1) is 5.10 Å². The molecule has 2 aromatic rings. The van der Waals surface area contributed by atoms with Crippen LogP contribution in [0.15, 0.2) is 34.8 Å². The van der Waals surface area contributed by atoms with E-state index in [4.69, 9.17) is 4.74 Å². The lowest BCUT2D eigenvalue weighted by Gasteiger charge is -1.96. The minimum absolute atomic E-state index is 0.208. The number of rotatable bonds is 5. The van der Waals surface area contributed by atoms with Gasteiger partial charge in [0.25, 0.3) is 5.91 Å². The van der Waals surface area contributed by atoms with Crippen molar-refractivity contribution in [2.24, 2.45) is 0 Å². The van der Waals surface area contributed by atoms with Gasteiger partial charge in [-0.05, 0) is 30.7 Å². The van der Waals surface area contributed by atoms with Crippen molar-refractivity contribution in [3.63, 3.8) is 0 Å². The summed E-state index contributed by atoms with van der Waals surface area (Å²) in [5.74, 6) is -0.0500. The summed E-state index contributed by atoms with van der Waals surface area (Å²) in [7, 11) is 0. The largest absolute Gasteiger partial charge is 0.463 e. The molecule has 0 unspecified atom stereocenters. The zero-order valence-corrected chi connectivity index (χ0v) is 12.3. The molecule has 20 heavy (non-hydrogen) atoms. The highest BCUT2D eigenvalue weighted by atomic mass is 79.9. The zero-order valence-electron chi connectivity index (χ0n) is 10.8. The molecule has 2 N–H and O–H groups in total. The number of H-pyrrole nitrogens is 1. The Hall–Kier alpha value is -2.15. The molecule has 0 fully saturated rings. The molecule has 0 atom stereocenters. The van der Waals surface area contributed by atoms with Gasteiger partial charge in [-0.2, -0.15) is 4.98 Å². The summed E-state index contributed by atoms with van der Waals surface area (Å²) in [6.07, 6.45) is 3.13. The first-order valence-corrected chi connectivity index (χ1v) is 6.76. The predicted molar refractivity (Wildman–Crippen MR) is 79.4 cm³/mol. The summed E-state index contributed by atoms with van der Waals surface area (Å²) >= 11 is 3.35. The van der Waals surface area contributed by atoms with Crippen LogP contribution in [-0.4, -0.2) is 27.7 Å². The monoisotopic (exact) mass is 336 g/mol. The lowest BCUT2D eigenvalue weighted by atomic mass is 10.2. The van der Waals surface area contributed by atoms with E-state index < -0.39 is 0 Å². The molecule has 1 aromatic heterocycles. The van der Waals surface area contributed by atoms with E-state index in [1.54, 1.807) is 6.08 Å². The Bertz CT molecular complexity index is 607.